The van der Waals surface area contributed by atoms with Gasteiger partial charge in [-0.2, -0.15) is 0 Å². The van der Waals surface area contributed by atoms with Crippen molar-refractivity contribution in [1.82, 2.24) is 5.32 Å². The van der Waals surface area contributed by atoms with Gasteiger partial charge in [0.1, 0.15) is 11.7 Å². The molecule has 2 aliphatic heterocycles. The minimum atomic E-state index is -0.767. The molecule has 0 aromatic heterocycles. The summed E-state index contributed by atoms with van der Waals surface area (Å²) in [6.45, 7) is 4.30. The highest BCUT2D eigenvalue weighted by Crippen LogP contribution is 2.47. The Morgan fingerprint density at radius 1 is 1.19 bits per heavy atom. The van der Waals surface area contributed by atoms with Gasteiger partial charge in [-0.1, -0.05) is 36.4 Å². The molecule has 0 spiro atoms. The summed E-state index contributed by atoms with van der Waals surface area (Å²) >= 11 is 0. The molecule has 26 heavy (non-hydrogen) atoms. The van der Waals surface area contributed by atoms with E-state index < -0.39 is 11.6 Å². The van der Waals surface area contributed by atoms with Crippen molar-refractivity contribution >= 4 is 17.5 Å². The molecule has 1 saturated heterocycles. The molecule has 134 valence electrons. The Morgan fingerprint density at radius 2 is 1.88 bits per heavy atom. The summed E-state index contributed by atoms with van der Waals surface area (Å²) in [5, 5.41) is 2.92. The zero-order valence-corrected chi connectivity index (χ0v) is 14.9. The van der Waals surface area contributed by atoms with Gasteiger partial charge in [0.15, 0.2) is 5.72 Å². The van der Waals surface area contributed by atoms with Crippen molar-refractivity contribution in [3.8, 4) is 5.75 Å². The number of carbonyl (C=O) groups excluding carboxylic acids is 2. The van der Waals surface area contributed by atoms with Crippen LogP contribution in [0.4, 0.5) is 5.69 Å². The average molecular weight is 350 g/mol. The van der Waals surface area contributed by atoms with Crippen LogP contribution in [0.15, 0.2) is 54.6 Å². The van der Waals surface area contributed by atoms with Crippen molar-refractivity contribution in [2.24, 2.45) is 5.92 Å². The number of anilines is 1. The van der Waals surface area contributed by atoms with Gasteiger partial charge >= 0.3 is 0 Å². The van der Waals surface area contributed by atoms with Gasteiger partial charge < -0.3 is 15.0 Å². The largest absolute Gasteiger partial charge is 0.468 e. The van der Waals surface area contributed by atoms with Crippen LogP contribution in [0.25, 0.3) is 0 Å². The summed E-state index contributed by atoms with van der Waals surface area (Å²) in [7, 11) is 0. The predicted molar refractivity (Wildman–Crippen MR) is 98.9 cm³/mol. The first-order valence-corrected chi connectivity index (χ1v) is 8.99. The molecule has 1 fully saturated rings. The molecular formula is C21H22N2O3. The number of piperidine rings is 1. The van der Waals surface area contributed by atoms with Gasteiger partial charge in [0.05, 0.1) is 0 Å². The molecule has 2 aliphatic rings. The van der Waals surface area contributed by atoms with E-state index in [0.717, 1.165) is 17.0 Å². The Morgan fingerprint density at radius 3 is 2.62 bits per heavy atom. The second kappa shape index (κ2) is 6.16. The van der Waals surface area contributed by atoms with Gasteiger partial charge in [0.25, 0.3) is 0 Å². The van der Waals surface area contributed by atoms with E-state index in [0.29, 0.717) is 13.0 Å². The highest BCUT2D eigenvalue weighted by molar-refractivity contribution is 6.09. The highest BCUT2D eigenvalue weighted by atomic mass is 16.5. The number of nitrogens with one attached hydrogen (secondary N) is 1. The van der Waals surface area contributed by atoms with Crippen LogP contribution in [0.3, 0.4) is 0 Å². The SMILES string of the molecule is CCN(C(=O)[C@H]1C(=O)N[C@@]2(C)C[C@H]1c1ccccc1O2)c1ccccc1. The number of amides is 2. The van der Waals surface area contributed by atoms with Gasteiger partial charge in [-0.3, -0.25) is 9.59 Å². The molecule has 1 N–H and O–H groups in total. The van der Waals surface area contributed by atoms with Gasteiger partial charge in [-0.25, -0.2) is 0 Å². The van der Waals surface area contributed by atoms with Crippen molar-refractivity contribution in [3.63, 3.8) is 0 Å². The molecule has 3 atom stereocenters. The van der Waals surface area contributed by atoms with E-state index in [1.54, 1.807) is 4.90 Å². The summed E-state index contributed by atoms with van der Waals surface area (Å²) in [5.41, 5.74) is 0.972. The van der Waals surface area contributed by atoms with Crippen molar-refractivity contribution in [3.05, 3.63) is 60.2 Å². The van der Waals surface area contributed by atoms with Gasteiger partial charge in [0.2, 0.25) is 11.8 Å². The van der Waals surface area contributed by atoms with Crippen LogP contribution in [0.2, 0.25) is 0 Å². The third kappa shape index (κ3) is 2.64. The van der Waals surface area contributed by atoms with E-state index in [9.17, 15) is 9.59 Å². The quantitative estimate of drug-likeness (QED) is 0.866. The Hall–Kier alpha value is -2.82. The lowest BCUT2D eigenvalue weighted by molar-refractivity contribution is -0.146. The fourth-order valence-corrected chi connectivity index (χ4v) is 4.11. The Bertz CT molecular complexity index is 851. The number of hydrogen-bond donors (Lipinski definition) is 1. The van der Waals surface area contributed by atoms with E-state index in [-0.39, 0.29) is 17.7 Å². The Labute approximate surface area is 153 Å². The molecule has 2 amide bonds. The monoisotopic (exact) mass is 350 g/mol. The summed E-state index contributed by atoms with van der Waals surface area (Å²) < 4.78 is 6.00. The summed E-state index contributed by atoms with van der Waals surface area (Å²) in [5.74, 6) is -0.637. The number of fused-ring (bicyclic) bond motifs is 4. The van der Waals surface area contributed by atoms with E-state index in [1.165, 1.54) is 0 Å². The topological polar surface area (TPSA) is 58.6 Å². The van der Waals surface area contributed by atoms with Crippen LogP contribution in [0, 0.1) is 5.92 Å². The lowest BCUT2D eigenvalue weighted by Gasteiger charge is -2.47. The summed E-state index contributed by atoms with van der Waals surface area (Å²) in [6.07, 6.45) is 0.582. The number of ether oxygens (including phenoxy) is 1. The number of hydrogen-bond acceptors (Lipinski definition) is 3. The average Bonchev–Trinajstić information content (AvgIpc) is 2.62. The van der Waals surface area contributed by atoms with Crippen LogP contribution in [0.5, 0.6) is 5.75 Å². The molecular weight excluding hydrogens is 328 g/mol. The molecule has 2 bridgehead atoms. The molecule has 5 heteroatoms. The number of carbonyl (C=O) groups is 2. The fourth-order valence-electron chi connectivity index (χ4n) is 4.11. The second-order valence-corrected chi connectivity index (χ2v) is 7.07. The molecule has 5 nitrogen and oxygen atoms in total. The van der Waals surface area contributed by atoms with E-state index in [4.69, 9.17) is 4.74 Å². The van der Waals surface area contributed by atoms with Crippen molar-refractivity contribution in [2.75, 3.05) is 11.4 Å². The lowest BCUT2D eigenvalue weighted by Crippen LogP contribution is -2.63. The van der Waals surface area contributed by atoms with E-state index >= 15 is 0 Å². The normalized spacial score (nSPS) is 26.3. The van der Waals surface area contributed by atoms with E-state index in [2.05, 4.69) is 5.32 Å². The third-order valence-corrected chi connectivity index (χ3v) is 5.25. The minimum absolute atomic E-state index is 0.167. The predicted octanol–water partition coefficient (Wildman–Crippen LogP) is 3.07. The molecule has 0 radical (unpaired) electrons. The lowest BCUT2D eigenvalue weighted by atomic mass is 9.74. The summed E-state index contributed by atoms with van der Waals surface area (Å²) in [6, 6.07) is 17.2. The number of rotatable bonds is 3. The molecule has 2 aromatic rings. The molecule has 0 unspecified atom stereocenters. The van der Waals surface area contributed by atoms with Gasteiger partial charge in [0, 0.05) is 24.6 Å². The van der Waals surface area contributed by atoms with Crippen LogP contribution in [-0.2, 0) is 9.59 Å². The molecule has 0 aliphatic carbocycles. The maximum atomic E-state index is 13.4. The molecule has 2 heterocycles. The Kier molecular flexibility index (Phi) is 3.94. The number of nitrogens with zero attached hydrogens (tertiary/aromatic N) is 1. The fraction of sp³-hybridized carbons (Fsp3) is 0.333. The maximum Gasteiger partial charge on any atom is 0.240 e. The first-order valence-electron chi connectivity index (χ1n) is 8.99. The minimum Gasteiger partial charge on any atom is -0.468 e. The summed E-state index contributed by atoms with van der Waals surface area (Å²) in [4.78, 5) is 27.9. The first-order chi connectivity index (χ1) is 12.5. The highest BCUT2D eigenvalue weighted by Gasteiger charge is 2.52. The van der Waals surface area contributed by atoms with Gasteiger partial charge in [-0.05, 0) is 37.6 Å². The molecule has 4 rings (SSSR count). The second-order valence-electron chi connectivity index (χ2n) is 7.07. The van der Waals surface area contributed by atoms with Crippen molar-refractivity contribution in [1.29, 1.82) is 0 Å². The van der Waals surface area contributed by atoms with E-state index in [1.807, 2.05) is 68.4 Å². The zero-order chi connectivity index (χ0) is 18.3. The van der Waals surface area contributed by atoms with Crippen molar-refractivity contribution in [2.45, 2.75) is 31.9 Å². The van der Waals surface area contributed by atoms with Crippen molar-refractivity contribution < 1.29 is 14.3 Å². The third-order valence-electron chi connectivity index (χ3n) is 5.25. The maximum absolute atomic E-state index is 13.4. The number of benzene rings is 2. The standard InChI is InChI=1S/C21H22N2O3/c1-3-23(14-9-5-4-6-10-14)20(25)18-16-13-21(2,22-19(18)24)26-17-12-8-7-11-15(16)17/h4-12,16,18H,3,13H2,1-2H3,(H,22,24)/t16-,18+,21+/m0/s1. The first kappa shape index (κ1) is 16.6. The smallest absolute Gasteiger partial charge is 0.240 e. The van der Waals surface area contributed by atoms with Crippen LogP contribution in [-0.4, -0.2) is 24.1 Å². The van der Waals surface area contributed by atoms with Gasteiger partial charge in [-0.15, -0.1) is 0 Å². The van der Waals surface area contributed by atoms with Crippen LogP contribution < -0.4 is 15.0 Å². The Balaban J connectivity index is 1.74. The zero-order valence-electron chi connectivity index (χ0n) is 14.9. The van der Waals surface area contributed by atoms with Crippen LogP contribution in [0.1, 0.15) is 31.7 Å². The van der Waals surface area contributed by atoms with Crippen LogP contribution >= 0.6 is 0 Å². The number of para-hydroxylation sites is 2. The molecule has 2 aromatic carbocycles. The molecule has 0 saturated carbocycles.